The molecule has 0 aliphatic carbocycles. The lowest BCUT2D eigenvalue weighted by Crippen LogP contribution is -2.47. The van der Waals surface area contributed by atoms with Crippen LogP contribution >= 0.6 is 0 Å². The number of hydrogen-bond donors (Lipinski definition) is 1. The number of fused-ring (bicyclic) bond motifs is 1. The largest absolute Gasteiger partial charge is 0.487 e. The van der Waals surface area contributed by atoms with Gasteiger partial charge >= 0.3 is 0 Å². The summed E-state index contributed by atoms with van der Waals surface area (Å²) in [5, 5.41) is 10.4. The summed E-state index contributed by atoms with van der Waals surface area (Å²) in [4.78, 5) is 18.3. The first-order valence-electron chi connectivity index (χ1n) is 11.0. The molecule has 0 aromatic heterocycles. The number of rotatable bonds is 7. The van der Waals surface area contributed by atoms with Crippen molar-refractivity contribution < 1.29 is 19.0 Å². The molecule has 0 amide bonds. The number of benzene rings is 2. The number of carbonyl (C=O) groups excluding carboxylic acids is 1. The minimum atomic E-state index is -0.671. The molecule has 1 unspecified atom stereocenters. The fourth-order valence-electron chi connectivity index (χ4n) is 4.27. The second kappa shape index (κ2) is 9.66. The standard InChI is InChI=1S/C24H30FN3O3/c1-18(29)19-4-9-22-23(16-19)31-17-24(30)28(22)11-3-2-10-26-12-14-27(15-13-26)21-7-5-20(25)6-8-21/h4-9,16,24,30H,2-3,10-15,17H2,1H3. The highest BCUT2D eigenvalue weighted by atomic mass is 19.1. The van der Waals surface area contributed by atoms with Crippen molar-refractivity contribution in [2.75, 3.05) is 55.7 Å². The number of halogens is 1. The molecule has 0 bridgehead atoms. The SMILES string of the molecule is CC(=O)c1ccc2c(c1)OCC(O)N2CCCCN1CCN(c2ccc(F)cc2)CC1. The molecule has 0 radical (unpaired) electrons. The summed E-state index contributed by atoms with van der Waals surface area (Å²) in [7, 11) is 0. The van der Waals surface area contributed by atoms with E-state index in [1.54, 1.807) is 12.1 Å². The molecule has 4 rings (SSSR count). The van der Waals surface area contributed by atoms with E-state index in [2.05, 4.69) is 9.80 Å². The highest BCUT2D eigenvalue weighted by molar-refractivity contribution is 5.95. The Hall–Kier alpha value is -2.64. The van der Waals surface area contributed by atoms with E-state index < -0.39 is 6.23 Å². The lowest BCUT2D eigenvalue weighted by atomic mass is 10.1. The summed E-state index contributed by atoms with van der Waals surface area (Å²) in [5.41, 5.74) is 2.54. The summed E-state index contributed by atoms with van der Waals surface area (Å²) in [6.07, 6.45) is 1.33. The van der Waals surface area contributed by atoms with Crippen LogP contribution in [0.3, 0.4) is 0 Å². The number of anilines is 2. The van der Waals surface area contributed by atoms with Crippen molar-refractivity contribution in [1.29, 1.82) is 0 Å². The van der Waals surface area contributed by atoms with Crippen molar-refractivity contribution >= 4 is 17.2 Å². The van der Waals surface area contributed by atoms with Crippen LogP contribution < -0.4 is 14.5 Å². The van der Waals surface area contributed by atoms with Crippen LogP contribution in [0.25, 0.3) is 0 Å². The Kier molecular flexibility index (Phi) is 6.73. The van der Waals surface area contributed by atoms with Crippen molar-refractivity contribution in [3.63, 3.8) is 0 Å². The highest BCUT2D eigenvalue weighted by Crippen LogP contribution is 2.34. The van der Waals surface area contributed by atoms with E-state index in [0.29, 0.717) is 11.3 Å². The van der Waals surface area contributed by atoms with Crippen LogP contribution in [0, 0.1) is 5.82 Å². The molecule has 2 heterocycles. The summed E-state index contributed by atoms with van der Waals surface area (Å²) >= 11 is 0. The van der Waals surface area contributed by atoms with Gasteiger partial charge in [0.25, 0.3) is 0 Å². The average Bonchev–Trinajstić information content (AvgIpc) is 2.78. The van der Waals surface area contributed by atoms with Crippen LogP contribution in [0.4, 0.5) is 15.8 Å². The topological polar surface area (TPSA) is 56.3 Å². The molecule has 6 nitrogen and oxygen atoms in total. The lowest BCUT2D eigenvalue weighted by Gasteiger charge is -2.37. The molecule has 1 N–H and O–H groups in total. The number of piperazine rings is 1. The zero-order valence-corrected chi connectivity index (χ0v) is 18.0. The normalized spacial score (nSPS) is 19.1. The highest BCUT2D eigenvalue weighted by Gasteiger charge is 2.26. The minimum absolute atomic E-state index is 0.00333. The van der Waals surface area contributed by atoms with E-state index >= 15 is 0 Å². The van der Waals surface area contributed by atoms with E-state index in [1.807, 2.05) is 23.1 Å². The first kappa shape index (κ1) is 21.6. The molecule has 166 valence electrons. The number of aliphatic hydroxyl groups excluding tert-OH is 1. The number of aliphatic hydroxyl groups is 1. The quantitative estimate of drug-likeness (QED) is 0.541. The maximum absolute atomic E-state index is 13.1. The molecule has 7 heteroatoms. The van der Waals surface area contributed by atoms with E-state index in [4.69, 9.17) is 4.74 Å². The predicted octanol–water partition coefficient (Wildman–Crippen LogP) is 3.15. The Bertz CT molecular complexity index is 897. The molecular weight excluding hydrogens is 397 g/mol. The fourth-order valence-corrected chi connectivity index (χ4v) is 4.27. The monoisotopic (exact) mass is 427 g/mol. The summed E-state index contributed by atoms with van der Waals surface area (Å²) in [6, 6.07) is 12.1. The number of nitrogens with zero attached hydrogens (tertiary/aromatic N) is 3. The van der Waals surface area contributed by atoms with Gasteiger partial charge in [-0.1, -0.05) is 0 Å². The van der Waals surface area contributed by atoms with Gasteiger partial charge in [-0.15, -0.1) is 0 Å². The molecule has 0 saturated carbocycles. The maximum Gasteiger partial charge on any atom is 0.161 e. The number of hydrogen-bond acceptors (Lipinski definition) is 6. The van der Waals surface area contributed by atoms with Gasteiger partial charge in [0.05, 0.1) is 5.69 Å². The van der Waals surface area contributed by atoms with Gasteiger partial charge in [-0.2, -0.15) is 0 Å². The number of unbranched alkanes of at least 4 members (excludes halogenated alkanes) is 1. The van der Waals surface area contributed by atoms with Crippen molar-refractivity contribution in [1.82, 2.24) is 4.90 Å². The molecular formula is C24H30FN3O3. The molecule has 1 fully saturated rings. The molecule has 1 atom stereocenters. The minimum Gasteiger partial charge on any atom is -0.487 e. The third kappa shape index (κ3) is 5.17. The van der Waals surface area contributed by atoms with Crippen LogP contribution in [0.5, 0.6) is 5.75 Å². The van der Waals surface area contributed by atoms with Gasteiger partial charge in [0.1, 0.15) is 18.2 Å². The summed E-state index contributed by atoms with van der Waals surface area (Å²) in [5.74, 6) is 0.466. The third-order valence-electron chi connectivity index (χ3n) is 6.11. The van der Waals surface area contributed by atoms with Gasteiger partial charge in [0, 0.05) is 44.0 Å². The predicted molar refractivity (Wildman–Crippen MR) is 120 cm³/mol. The number of ketones is 1. The molecule has 31 heavy (non-hydrogen) atoms. The summed E-state index contributed by atoms with van der Waals surface area (Å²) in [6.45, 7) is 7.39. The molecule has 2 aromatic carbocycles. The van der Waals surface area contributed by atoms with E-state index in [9.17, 15) is 14.3 Å². The first-order chi connectivity index (χ1) is 15.0. The van der Waals surface area contributed by atoms with Gasteiger partial charge in [0.15, 0.2) is 12.0 Å². The Morgan fingerprint density at radius 1 is 1.06 bits per heavy atom. The Morgan fingerprint density at radius 2 is 1.77 bits per heavy atom. The average molecular weight is 428 g/mol. The van der Waals surface area contributed by atoms with Crippen molar-refractivity contribution in [2.24, 2.45) is 0 Å². The Morgan fingerprint density at radius 3 is 2.48 bits per heavy atom. The number of carbonyl (C=O) groups is 1. The van der Waals surface area contributed by atoms with Crippen molar-refractivity contribution in [3.05, 3.63) is 53.8 Å². The van der Waals surface area contributed by atoms with E-state index in [-0.39, 0.29) is 18.2 Å². The van der Waals surface area contributed by atoms with E-state index in [1.165, 1.54) is 19.1 Å². The van der Waals surface area contributed by atoms with Gasteiger partial charge in [0.2, 0.25) is 0 Å². The van der Waals surface area contributed by atoms with Gasteiger partial charge in [-0.3, -0.25) is 9.69 Å². The van der Waals surface area contributed by atoms with Gasteiger partial charge < -0.3 is 19.6 Å². The zero-order chi connectivity index (χ0) is 21.8. The summed E-state index contributed by atoms with van der Waals surface area (Å²) < 4.78 is 18.7. The second-order valence-electron chi connectivity index (χ2n) is 8.24. The maximum atomic E-state index is 13.1. The van der Waals surface area contributed by atoms with Crippen LogP contribution in [-0.2, 0) is 0 Å². The molecule has 2 aliphatic heterocycles. The van der Waals surface area contributed by atoms with Crippen molar-refractivity contribution in [3.8, 4) is 5.75 Å². The Balaban J connectivity index is 1.23. The van der Waals surface area contributed by atoms with Gasteiger partial charge in [-0.25, -0.2) is 4.39 Å². The van der Waals surface area contributed by atoms with Crippen LogP contribution in [0.15, 0.2) is 42.5 Å². The molecule has 2 aliphatic rings. The zero-order valence-electron chi connectivity index (χ0n) is 18.0. The van der Waals surface area contributed by atoms with Gasteiger partial charge in [-0.05, 0) is 68.8 Å². The smallest absolute Gasteiger partial charge is 0.161 e. The first-order valence-corrected chi connectivity index (χ1v) is 11.0. The van der Waals surface area contributed by atoms with Crippen LogP contribution in [0.2, 0.25) is 0 Å². The van der Waals surface area contributed by atoms with Crippen molar-refractivity contribution in [2.45, 2.75) is 26.0 Å². The van der Waals surface area contributed by atoms with Crippen LogP contribution in [-0.4, -0.2) is 67.9 Å². The fraction of sp³-hybridized carbons (Fsp3) is 0.458. The number of Topliss-reactive ketones (excluding diaryl/α,β-unsaturated/α-hetero) is 1. The Labute approximate surface area is 182 Å². The third-order valence-corrected chi connectivity index (χ3v) is 6.11. The molecule has 2 aromatic rings. The lowest BCUT2D eigenvalue weighted by molar-refractivity contribution is 0.0899. The number of ether oxygens (including phenoxy) is 1. The van der Waals surface area contributed by atoms with Crippen LogP contribution in [0.1, 0.15) is 30.1 Å². The molecule has 0 spiro atoms. The van der Waals surface area contributed by atoms with E-state index in [0.717, 1.165) is 63.5 Å². The molecule has 1 saturated heterocycles. The second-order valence-corrected chi connectivity index (χ2v) is 8.24.